The van der Waals surface area contributed by atoms with Gasteiger partial charge in [-0.05, 0) is 79.1 Å². The summed E-state index contributed by atoms with van der Waals surface area (Å²) >= 11 is 3.42. The van der Waals surface area contributed by atoms with E-state index in [0.29, 0.717) is 16.0 Å². The molecule has 0 aromatic carbocycles. The molecule has 0 radical (unpaired) electrons. The Bertz CT molecular complexity index is 819. The number of anilines is 1. The van der Waals surface area contributed by atoms with Crippen molar-refractivity contribution in [2.24, 2.45) is 17.8 Å². The standard InChI is InChI=1S/C19H24BrN5O/c1-2-24-11-15(20)17(23-24)18(26)21-16-3-4-25(22-16)19-8-12-5-13(9-19)7-14(6-12)10-19/h3-4,11-14H,2,5-10H2,1H3,(H,21,22,26). The number of nitrogens with zero attached hydrogens (tertiary/aromatic N) is 4. The normalized spacial score (nSPS) is 32.2. The van der Waals surface area contributed by atoms with Crippen LogP contribution in [0.1, 0.15) is 55.9 Å². The Morgan fingerprint density at radius 3 is 2.46 bits per heavy atom. The minimum absolute atomic E-state index is 0.183. The maximum Gasteiger partial charge on any atom is 0.278 e. The molecule has 2 aromatic rings. The van der Waals surface area contributed by atoms with Crippen LogP contribution in [0.5, 0.6) is 0 Å². The summed E-state index contributed by atoms with van der Waals surface area (Å²) in [7, 11) is 0. The molecule has 0 saturated heterocycles. The maximum atomic E-state index is 12.6. The van der Waals surface area contributed by atoms with Crippen molar-refractivity contribution in [3.8, 4) is 0 Å². The predicted octanol–water partition coefficient (Wildman–Crippen LogP) is 4.04. The number of amides is 1. The average molecular weight is 418 g/mol. The Labute approximate surface area is 161 Å². The van der Waals surface area contributed by atoms with Gasteiger partial charge in [-0.15, -0.1) is 0 Å². The van der Waals surface area contributed by atoms with Crippen molar-refractivity contribution in [1.29, 1.82) is 0 Å². The third-order valence-corrected chi connectivity index (χ3v) is 7.16. The fraction of sp³-hybridized carbons (Fsp3) is 0.632. The van der Waals surface area contributed by atoms with Gasteiger partial charge in [-0.2, -0.15) is 10.2 Å². The molecule has 0 spiro atoms. The van der Waals surface area contributed by atoms with E-state index in [1.807, 2.05) is 19.2 Å². The largest absolute Gasteiger partial charge is 0.304 e. The van der Waals surface area contributed by atoms with Crippen LogP contribution in [-0.2, 0) is 12.1 Å². The molecular formula is C19H24BrN5O. The lowest BCUT2D eigenvalue weighted by Gasteiger charge is -2.56. The SMILES string of the molecule is CCn1cc(Br)c(C(=O)Nc2ccn(C34CC5CC(CC(C5)C3)C4)n2)n1. The fourth-order valence-electron chi connectivity index (χ4n) is 5.89. The van der Waals surface area contributed by atoms with Crippen LogP contribution in [0.25, 0.3) is 0 Å². The van der Waals surface area contributed by atoms with Crippen molar-refractivity contribution in [1.82, 2.24) is 19.6 Å². The topological polar surface area (TPSA) is 64.7 Å². The summed E-state index contributed by atoms with van der Waals surface area (Å²) < 4.78 is 4.61. The predicted molar refractivity (Wildman–Crippen MR) is 102 cm³/mol. The molecule has 4 saturated carbocycles. The summed E-state index contributed by atoms with van der Waals surface area (Å²) in [5.41, 5.74) is 0.582. The van der Waals surface area contributed by atoms with Crippen LogP contribution in [0, 0.1) is 17.8 Å². The van der Waals surface area contributed by atoms with Crippen LogP contribution in [0.4, 0.5) is 5.82 Å². The van der Waals surface area contributed by atoms with E-state index in [-0.39, 0.29) is 11.4 Å². The summed E-state index contributed by atoms with van der Waals surface area (Å²) in [6.45, 7) is 2.72. The van der Waals surface area contributed by atoms with E-state index in [9.17, 15) is 4.79 Å². The second-order valence-corrected chi connectivity index (χ2v) is 9.28. The van der Waals surface area contributed by atoms with E-state index in [4.69, 9.17) is 5.10 Å². The van der Waals surface area contributed by atoms with Crippen LogP contribution in [0.15, 0.2) is 22.9 Å². The molecule has 1 amide bonds. The second-order valence-electron chi connectivity index (χ2n) is 8.42. The van der Waals surface area contributed by atoms with Gasteiger partial charge in [0.15, 0.2) is 11.5 Å². The molecule has 2 heterocycles. The van der Waals surface area contributed by atoms with Crippen molar-refractivity contribution in [2.75, 3.05) is 5.32 Å². The van der Waals surface area contributed by atoms with Crippen LogP contribution < -0.4 is 5.32 Å². The molecule has 6 nitrogen and oxygen atoms in total. The minimum atomic E-state index is -0.222. The Morgan fingerprint density at radius 1 is 1.23 bits per heavy atom. The number of carbonyl (C=O) groups excluding carboxylic acids is 1. The van der Waals surface area contributed by atoms with Crippen molar-refractivity contribution >= 4 is 27.7 Å². The monoisotopic (exact) mass is 417 g/mol. The van der Waals surface area contributed by atoms with E-state index in [1.165, 1.54) is 38.5 Å². The molecule has 4 fully saturated rings. The summed E-state index contributed by atoms with van der Waals surface area (Å²) in [4.78, 5) is 12.6. The number of nitrogens with one attached hydrogen (secondary N) is 1. The van der Waals surface area contributed by atoms with E-state index < -0.39 is 0 Å². The Morgan fingerprint density at radius 2 is 1.88 bits per heavy atom. The zero-order valence-corrected chi connectivity index (χ0v) is 16.6. The molecular weight excluding hydrogens is 394 g/mol. The molecule has 0 unspecified atom stereocenters. The Hall–Kier alpha value is -1.63. The van der Waals surface area contributed by atoms with Crippen molar-refractivity contribution < 1.29 is 4.79 Å². The lowest BCUT2D eigenvalue weighted by molar-refractivity contribution is -0.0492. The molecule has 2 aromatic heterocycles. The smallest absolute Gasteiger partial charge is 0.278 e. The van der Waals surface area contributed by atoms with Gasteiger partial charge in [0.1, 0.15) is 0 Å². The summed E-state index contributed by atoms with van der Waals surface area (Å²) in [6.07, 6.45) is 11.9. The fourth-order valence-corrected chi connectivity index (χ4v) is 6.38. The zero-order valence-electron chi connectivity index (χ0n) is 15.0. The highest BCUT2D eigenvalue weighted by atomic mass is 79.9. The van der Waals surface area contributed by atoms with Gasteiger partial charge in [-0.25, -0.2) is 0 Å². The van der Waals surface area contributed by atoms with Gasteiger partial charge in [-0.1, -0.05) is 0 Å². The van der Waals surface area contributed by atoms with Gasteiger partial charge in [0.25, 0.3) is 5.91 Å². The summed E-state index contributed by atoms with van der Waals surface area (Å²) in [5.74, 6) is 3.01. The van der Waals surface area contributed by atoms with Crippen LogP contribution in [0.2, 0.25) is 0 Å². The lowest BCUT2D eigenvalue weighted by atomic mass is 9.53. The Balaban J connectivity index is 1.36. The van der Waals surface area contributed by atoms with Gasteiger partial charge in [0, 0.05) is 25.0 Å². The van der Waals surface area contributed by atoms with Gasteiger partial charge in [0.05, 0.1) is 10.0 Å². The zero-order chi connectivity index (χ0) is 17.9. The van der Waals surface area contributed by atoms with Crippen LogP contribution >= 0.6 is 15.9 Å². The number of hydrogen-bond acceptors (Lipinski definition) is 3. The highest BCUT2D eigenvalue weighted by Crippen LogP contribution is 2.58. The Kier molecular flexibility index (Phi) is 3.78. The molecule has 138 valence electrons. The molecule has 7 heteroatoms. The van der Waals surface area contributed by atoms with Crippen molar-refractivity contribution in [3.63, 3.8) is 0 Å². The molecule has 4 bridgehead atoms. The highest BCUT2D eigenvalue weighted by molar-refractivity contribution is 9.10. The molecule has 26 heavy (non-hydrogen) atoms. The summed E-state index contributed by atoms with van der Waals surface area (Å²) in [6, 6.07) is 1.92. The number of aromatic nitrogens is 4. The van der Waals surface area contributed by atoms with E-state index in [2.05, 4.69) is 37.2 Å². The molecule has 1 N–H and O–H groups in total. The van der Waals surface area contributed by atoms with Crippen LogP contribution in [0.3, 0.4) is 0 Å². The molecule has 4 aliphatic rings. The molecule has 0 atom stereocenters. The molecule has 4 aliphatic carbocycles. The lowest BCUT2D eigenvalue weighted by Crippen LogP contribution is -2.52. The van der Waals surface area contributed by atoms with Gasteiger partial charge in [0.2, 0.25) is 0 Å². The average Bonchev–Trinajstić information content (AvgIpc) is 3.20. The first-order chi connectivity index (χ1) is 12.5. The second kappa shape index (κ2) is 5.94. The number of aryl methyl sites for hydroxylation is 1. The van der Waals surface area contributed by atoms with Gasteiger partial charge < -0.3 is 5.32 Å². The third kappa shape index (κ3) is 2.63. The highest BCUT2D eigenvalue weighted by Gasteiger charge is 2.52. The van der Waals surface area contributed by atoms with E-state index in [1.54, 1.807) is 4.68 Å². The van der Waals surface area contributed by atoms with Crippen molar-refractivity contribution in [2.45, 2.75) is 57.5 Å². The van der Waals surface area contributed by atoms with Gasteiger partial charge >= 0.3 is 0 Å². The van der Waals surface area contributed by atoms with E-state index in [0.717, 1.165) is 24.3 Å². The molecule has 0 aliphatic heterocycles. The quantitative estimate of drug-likeness (QED) is 0.815. The van der Waals surface area contributed by atoms with E-state index >= 15 is 0 Å². The number of hydrogen-bond donors (Lipinski definition) is 1. The molecule has 6 rings (SSSR count). The first-order valence-corrected chi connectivity index (χ1v) is 10.4. The first kappa shape index (κ1) is 16.5. The van der Waals surface area contributed by atoms with Crippen molar-refractivity contribution in [3.05, 3.63) is 28.6 Å². The minimum Gasteiger partial charge on any atom is -0.304 e. The first-order valence-electron chi connectivity index (χ1n) is 9.65. The van der Waals surface area contributed by atoms with Gasteiger partial charge in [-0.3, -0.25) is 14.2 Å². The third-order valence-electron chi connectivity index (χ3n) is 6.58. The number of halogens is 1. The maximum absolute atomic E-state index is 12.6. The number of carbonyl (C=O) groups is 1. The number of rotatable bonds is 4. The van der Waals surface area contributed by atoms with Crippen LogP contribution in [-0.4, -0.2) is 25.5 Å². The summed E-state index contributed by atoms with van der Waals surface area (Å²) in [5, 5.41) is 12.0.